The second kappa shape index (κ2) is 4.92. The molecular formula is C10H11N3O3S2. The van der Waals surface area contributed by atoms with E-state index in [4.69, 9.17) is 5.73 Å². The van der Waals surface area contributed by atoms with Crippen molar-refractivity contribution in [1.82, 2.24) is 9.71 Å². The van der Waals surface area contributed by atoms with Crippen LogP contribution in [0.4, 0.5) is 5.69 Å². The summed E-state index contributed by atoms with van der Waals surface area (Å²) in [5.74, 6) is -0.145. The molecule has 0 aliphatic carbocycles. The Morgan fingerprint density at radius 2 is 2.22 bits per heavy atom. The zero-order chi connectivity index (χ0) is 13.2. The van der Waals surface area contributed by atoms with Crippen molar-refractivity contribution in [2.24, 2.45) is 0 Å². The highest BCUT2D eigenvalue weighted by molar-refractivity contribution is 7.89. The van der Waals surface area contributed by atoms with Gasteiger partial charge in [0, 0.05) is 11.6 Å². The van der Waals surface area contributed by atoms with Gasteiger partial charge in [0.1, 0.15) is 10.8 Å². The second-order valence-corrected chi connectivity index (χ2v) is 6.22. The Kier molecular flexibility index (Phi) is 3.50. The van der Waals surface area contributed by atoms with Crippen LogP contribution in [0.3, 0.4) is 0 Å². The van der Waals surface area contributed by atoms with E-state index in [0.29, 0.717) is 5.01 Å². The largest absolute Gasteiger partial charge is 0.506 e. The molecule has 6 nitrogen and oxygen atoms in total. The number of anilines is 1. The lowest BCUT2D eigenvalue weighted by Gasteiger charge is -2.06. The van der Waals surface area contributed by atoms with E-state index in [-0.39, 0.29) is 22.9 Å². The molecule has 4 N–H and O–H groups in total. The molecule has 0 spiro atoms. The number of nitrogens with two attached hydrogens (primary N) is 1. The molecule has 0 amide bonds. The summed E-state index contributed by atoms with van der Waals surface area (Å²) in [6.07, 6.45) is 1.60. The lowest BCUT2D eigenvalue weighted by molar-refractivity contribution is 0.477. The minimum absolute atomic E-state index is 0.00866. The smallest absolute Gasteiger partial charge is 0.241 e. The van der Waals surface area contributed by atoms with E-state index < -0.39 is 10.0 Å². The summed E-state index contributed by atoms with van der Waals surface area (Å²) in [5, 5.41) is 11.7. The Morgan fingerprint density at radius 1 is 1.44 bits per heavy atom. The molecular weight excluding hydrogens is 274 g/mol. The second-order valence-electron chi connectivity index (χ2n) is 3.47. The van der Waals surface area contributed by atoms with Crippen molar-refractivity contribution in [2.45, 2.75) is 11.4 Å². The summed E-state index contributed by atoms with van der Waals surface area (Å²) in [6, 6.07) is 3.74. The maximum atomic E-state index is 11.9. The zero-order valence-electron chi connectivity index (χ0n) is 9.20. The van der Waals surface area contributed by atoms with Crippen LogP contribution in [-0.4, -0.2) is 18.5 Å². The van der Waals surface area contributed by atoms with Gasteiger partial charge in [0.15, 0.2) is 0 Å². The number of hydrogen-bond acceptors (Lipinski definition) is 6. The van der Waals surface area contributed by atoms with Crippen molar-refractivity contribution in [3.05, 3.63) is 34.8 Å². The summed E-state index contributed by atoms with van der Waals surface area (Å²) in [7, 11) is -3.65. The number of aromatic nitrogens is 1. The maximum Gasteiger partial charge on any atom is 0.241 e. The summed E-state index contributed by atoms with van der Waals surface area (Å²) < 4.78 is 26.2. The average Bonchev–Trinajstić information content (AvgIpc) is 2.83. The molecule has 1 aromatic heterocycles. The van der Waals surface area contributed by atoms with E-state index in [1.165, 1.54) is 29.5 Å². The van der Waals surface area contributed by atoms with Crippen LogP contribution in [0.1, 0.15) is 5.01 Å². The van der Waals surface area contributed by atoms with Gasteiger partial charge < -0.3 is 10.8 Å². The van der Waals surface area contributed by atoms with Crippen molar-refractivity contribution in [3.63, 3.8) is 0 Å². The Hall–Kier alpha value is -1.64. The van der Waals surface area contributed by atoms with Crippen LogP contribution >= 0.6 is 11.3 Å². The molecule has 18 heavy (non-hydrogen) atoms. The summed E-state index contributed by atoms with van der Waals surface area (Å²) in [4.78, 5) is 3.98. The van der Waals surface area contributed by atoms with Gasteiger partial charge in [0.2, 0.25) is 10.0 Å². The molecule has 0 aliphatic rings. The quantitative estimate of drug-likeness (QED) is 0.572. The van der Waals surface area contributed by atoms with Gasteiger partial charge in [0.05, 0.1) is 17.1 Å². The first-order valence-electron chi connectivity index (χ1n) is 4.95. The standard InChI is InChI=1S/C10H11N3O3S2/c11-8-5-7(1-2-9(8)14)18(15,16)13-6-10-12-3-4-17-10/h1-5,13-14H,6,11H2. The Labute approximate surface area is 108 Å². The number of aromatic hydroxyl groups is 1. The monoisotopic (exact) mass is 285 g/mol. The number of benzene rings is 1. The third-order valence-corrected chi connectivity index (χ3v) is 4.38. The minimum atomic E-state index is -3.65. The van der Waals surface area contributed by atoms with Crippen LogP contribution in [0, 0.1) is 0 Å². The fourth-order valence-electron chi connectivity index (χ4n) is 1.28. The van der Waals surface area contributed by atoms with Crippen molar-refractivity contribution >= 4 is 27.0 Å². The molecule has 96 valence electrons. The third kappa shape index (κ3) is 2.78. The SMILES string of the molecule is Nc1cc(S(=O)(=O)NCc2nccs2)ccc1O. The minimum Gasteiger partial charge on any atom is -0.506 e. The molecule has 0 saturated heterocycles. The Balaban J connectivity index is 2.17. The predicted molar refractivity (Wildman–Crippen MR) is 68.7 cm³/mol. The number of thiazole rings is 1. The van der Waals surface area contributed by atoms with Crippen LogP contribution in [0.25, 0.3) is 0 Å². The van der Waals surface area contributed by atoms with Gasteiger partial charge in [-0.1, -0.05) is 0 Å². The van der Waals surface area contributed by atoms with Crippen molar-refractivity contribution in [2.75, 3.05) is 5.73 Å². The van der Waals surface area contributed by atoms with E-state index in [1.807, 2.05) is 0 Å². The van der Waals surface area contributed by atoms with E-state index >= 15 is 0 Å². The van der Waals surface area contributed by atoms with E-state index in [2.05, 4.69) is 9.71 Å². The van der Waals surface area contributed by atoms with E-state index in [0.717, 1.165) is 0 Å². The Morgan fingerprint density at radius 3 is 2.83 bits per heavy atom. The molecule has 0 aliphatic heterocycles. The van der Waals surface area contributed by atoms with Gasteiger partial charge in [-0.05, 0) is 18.2 Å². The van der Waals surface area contributed by atoms with Crippen LogP contribution < -0.4 is 10.5 Å². The number of phenols is 1. The topological polar surface area (TPSA) is 105 Å². The lowest BCUT2D eigenvalue weighted by Crippen LogP contribution is -2.23. The number of nitrogens with zero attached hydrogens (tertiary/aromatic N) is 1. The van der Waals surface area contributed by atoms with Crippen molar-refractivity contribution in [3.8, 4) is 5.75 Å². The Bertz CT molecular complexity index is 638. The molecule has 0 unspecified atom stereocenters. The molecule has 2 rings (SSSR count). The molecule has 0 bridgehead atoms. The number of nitrogens with one attached hydrogen (secondary N) is 1. The highest BCUT2D eigenvalue weighted by atomic mass is 32.2. The first-order chi connectivity index (χ1) is 8.49. The summed E-state index contributed by atoms with van der Waals surface area (Å²) >= 11 is 1.36. The normalized spacial score (nSPS) is 11.6. The summed E-state index contributed by atoms with van der Waals surface area (Å²) in [6.45, 7) is 0.126. The molecule has 8 heteroatoms. The molecule has 1 aromatic carbocycles. The van der Waals surface area contributed by atoms with Crippen LogP contribution in [0.5, 0.6) is 5.75 Å². The fraction of sp³-hybridized carbons (Fsp3) is 0.100. The van der Waals surface area contributed by atoms with E-state index in [9.17, 15) is 13.5 Å². The van der Waals surface area contributed by atoms with Gasteiger partial charge in [-0.15, -0.1) is 11.3 Å². The highest BCUT2D eigenvalue weighted by Gasteiger charge is 2.15. The number of nitrogen functional groups attached to an aromatic ring is 1. The summed E-state index contributed by atoms with van der Waals surface area (Å²) in [5.41, 5.74) is 5.48. The van der Waals surface area contributed by atoms with Crippen LogP contribution in [0.15, 0.2) is 34.7 Å². The van der Waals surface area contributed by atoms with Gasteiger partial charge in [-0.25, -0.2) is 18.1 Å². The van der Waals surface area contributed by atoms with Crippen molar-refractivity contribution < 1.29 is 13.5 Å². The van der Waals surface area contributed by atoms with Gasteiger partial charge in [-0.3, -0.25) is 0 Å². The first-order valence-corrected chi connectivity index (χ1v) is 7.32. The number of sulfonamides is 1. The molecule has 1 heterocycles. The highest BCUT2D eigenvalue weighted by Crippen LogP contribution is 2.23. The lowest BCUT2D eigenvalue weighted by atomic mass is 10.3. The molecule has 2 aromatic rings. The van der Waals surface area contributed by atoms with E-state index in [1.54, 1.807) is 11.6 Å². The zero-order valence-corrected chi connectivity index (χ0v) is 10.8. The number of hydrogen-bond donors (Lipinski definition) is 3. The molecule has 0 saturated carbocycles. The molecule has 0 atom stereocenters. The fourth-order valence-corrected chi connectivity index (χ4v) is 2.95. The molecule has 0 radical (unpaired) electrons. The number of rotatable bonds is 4. The van der Waals surface area contributed by atoms with Crippen LogP contribution in [-0.2, 0) is 16.6 Å². The first kappa shape index (κ1) is 12.8. The van der Waals surface area contributed by atoms with Crippen LogP contribution in [0.2, 0.25) is 0 Å². The van der Waals surface area contributed by atoms with Gasteiger partial charge >= 0.3 is 0 Å². The average molecular weight is 285 g/mol. The predicted octanol–water partition coefficient (Wildman–Crippen LogP) is 0.909. The number of phenolic OH excluding ortho intramolecular Hbond substituents is 1. The van der Waals surface area contributed by atoms with Gasteiger partial charge in [0.25, 0.3) is 0 Å². The third-order valence-electron chi connectivity index (χ3n) is 2.21. The van der Waals surface area contributed by atoms with Crippen molar-refractivity contribution in [1.29, 1.82) is 0 Å². The van der Waals surface area contributed by atoms with Gasteiger partial charge in [-0.2, -0.15) is 0 Å². The maximum absolute atomic E-state index is 11.9. The molecule has 0 fully saturated rings.